The molecule has 1 saturated heterocycles. The third kappa shape index (κ3) is 10.9. The van der Waals surface area contributed by atoms with Gasteiger partial charge in [-0.25, -0.2) is 19.2 Å². The molecule has 1 aromatic carbocycles. The van der Waals surface area contributed by atoms with Crippen molar-refractivity contribution >= 4 is 44.9 Å². The van der Waals surface area contributed by atoms with Crippen LogP contribution in [0.25, 0.3) is 22.6 Å². The number of hydrogen-bond acceptors (Lipinski definition) is 8. The van der Waals surface area contributed by atoms with Crippen LogP contribution in [-0.4, -0.2) is 97.0 Å². The Hall–Kier alpha value is -4.07. The number of piperazine rings is 1. The fourth-order valence-electron chi connectivity index (χ4n) is 6.13. The molecule has 56 heavy (non-hydrogen) atoms. The summed E-state index contributed by atoms with van der Waals surface area (Å²) in [5.74, 6) is -1.14. The van der Waals surface area contributed by atoms with E-state index in [-0.39, 0.29) is 41.7 Å². The first-order valence-electron chi connectivity index (χ1n) is 18.9. The lowest BCUT2D eigenvalue weighted by atomic mass is 9.99. The molecule has 0 radical (unpaired) electrons. The Morgan fingerprint density at radius 2 is 1.48 bits per heavy atom. The van der Waals surface area contributed by atoms with Crippen molar-refractivity contribution in [2.45, 2.75) is 97.4 Å². The predicted octanol–water partition coefficient (Wildman–Crippen LogP) is 8.97. The molecule has 0 spiro atoms. The van der Waals surface area contributed by atoms with E-state index in [1.165, 1.54) is 30.6 Å². The van der Waals surface area contributed by atoms with Crippen LogP contribution in [-0.2, 0) is 33.8 Å². The summed E-state index contributed by atoms with van der Waals surface area (Å²) in [6.07, 6.45) is -2.26. The molecule has 0 bridgehead atoms. The molecular formula is C39H54F4N6O5Si2. The highest BCUT2D eigenvalue weighted by atomic mass is 28.3. The molecule has 306 valence electrons. The number of carbonyl (C=O) groups is 2. The van der Waals surface area contributed by atoms with Gasteiger partial charge in [-0.1, -0.05) is 57.5 Å². The van der Waals surface area contributed by atoms with Gasteiger partial charge in [0.05, 0.1) is 17.5 Å². The highest BCUT2D eigenvalue weighted by Crippen LogP contribution is 2.35. The van der Waals surface area contributed by atoms with E-state index in [1.807, 2.05) is 0 Å². The molecule has 4 heterocycles. The van der Waals surface area contributed by atoms with E-state index in [2.05, 4.69) is 44.3 Å². The summed E-state index contributed by atoms with van der Waals surface area (Å²) in [4.78, 5) is 39.1. The molecule has 11 nitrogen and oxygen atoms in total. The molecule has 1 aliphatic rings. The number of fused-ring (bicyclic) bond motifs is 1. The standard InChI is InChI=1S/C39H54F4N6O5Si2/c1-38(2,3)54-37(51)47-16-14-46(15-17-47)36-32(40)33-30(23-44-36)45-35(49(33)26-53-19-21-56(7,8)9)31-22-27(24-48(31)25-52-18-20-55(4,5)6)34(50)28-12-10-11-13-29(28)39(41,42)43/h10-13,22-24H,14-21,25-26H2,1-9H3. The number of halogens is 4. The molecule has 5 rings (SSSR count). The first kappa shape index (κ1) is 43.1. The van der Waals surface area contributed by atoms with Crippen LogP contribution >= 0.6 is 0 Å². The van der Waals surface area contributed by atoms with Crippen LogP contribution in [0.5, 0.6) is 0 Å². The van der Waals surface area contributed by atoms with Gasteiger partial charge in [0.1, 0.15) is 30.1 Å². The zero-order valence-corrected chi connectivity index (χ0v) is 35.8. The summed E-state index contributed by atoms with van der Waals surface area (Å²) in [5.41, 5.74) is -1.50. The molecule has 1 aliphatic heterocycles. The van der Waals surface area contributed by atoms with Gasteiger partial charge in [-0.2, -0.15) is 13.2 Å². The molecular weight excluding hydrogens is 765 g/mol. The number of ketones is 1. The van der Waals surface area contributed by atoms with Gasteiger partial charge in [0.25, 0.3) is 0 Å². The predicted molar refractivity (Wildman–Crippen MR) is 214 cm³/mol. The minimum Gasteiger partial charge on any atom is -0.444 e. The number of aromatic nitrogens is 4. The first-order valence-corrected chi connectivity index (χ1v) is 26.3. The minimum absolute atomic E-state index is 0.00843. The third-order valence-corrected chi connectivity index (χ3v) is 12.7. The third-order valence-electron chi connectivity index (χ3n) is 9.25. The van der Waals surface area contributed by atoms with Crippen LogP contribution in [0, 0.1) is 5.82 Å². The highest BCUT2D eigenvalue weighted by molar-refractivity contribution is 6.76. The number of anilines is 1. The molecule has 4 aromatic rings. The van der Waals surface area contributed by atoms with Gasteiger partial charge in [0, 0.05) is 72.9 Å². The number of carbonyl (C=O) groups excluding carboxylic acids is 2. The Labute approximate surface area is 328 Å². The Morgan fingerprint density at radius 1 is 0.875 bits per heavy atom. The largest absolute Gasteiger partial charge is 0.444 e. The van der Waals surface area contributed by atoms with E-state index in [0.717, 1.165) is 24.2 Å². The summed E-state index contributed by atoms with van der Waals surface area (Å²) in [6, 6.07) is 7.86. The van der Waals surface area contributed by atoms with Crippen molar-refractivity contribution in [3.05, 3.63) is 65.2 Å². The first-order chi connectivity index (χ1) is 26.0. The monoisotopic (exact) mass is 818 g/mol. The van der Waals surface area contributed by atoms with E-state index >= 15 is 4.39 Å². The molecule has 0 saturated carbocycles. The summed E-state index contributed by atoms with van der Waals surface area (Å²) in [6.45, 7) is 20.7. The van der Waals surface area contributed by atoms with E-state index in [9.17, 15) is 22.8 Å². The van der Waals surface area contributed by atoms with Gasteiger partial charge < -0.3 is 28.6 Å². The molecule has 1 fully saturated rings. The van der Waals surface area contributed by atoms with Crippen LogP contribution < -0.4 is 4.90 Å². The van der Waals surface area contributed by atoms with Gasteiger partial charge in [0.2, 0.25) is 0 Å². The van der Waals surface area contributed by atoms with Crippen LogP contribution in [0.1, 0.15) is 42.3 Å². The lowest BCUT2D eigenvalue weighted by molar-refractivity contribution is -0.137. The second-order valence-corrected chi connectivity index (χ2v) is 28.8. The number of amides is 1. The highest BCUT2D eigenvalue weighted by Gasteiger charge is 2.36. The second-order valence-electron chi connectivity index (χ2n) is 17.6. The SMILES string of the molecule is CC(C)(C)OC(=O)N1CCN(c2ncc3nc(-c4cc(C(=O)c5ccccc5C(F)(F)F)cn4COCC[Si](C)(C)C)n(COCC[Si](C)(C)C)c3c2F)CC1. The second kappa shape index (κ2) is 16.8. The number of hydrogen-bond donors (Lipinski definition) is 0. The number of rotatable bonds is 14. The average Bonchev–Trinajstić information content (AvgIpc) is 3.68. The van der Waals surface area contributed by atoms with Gasteiger partial charge in [-0.3, -0.25) is 9.36 Å². The number of ether oxygens (including phenoxy) is 3. The van der Waals surface area contributed by atoms with Crippen molar-refractivity contribution in [2.75, 3.05) is 44.3 Å². The molecule has 0 unspecified atom stereocenters. The van der Waals surface area contributed by atoms with Crippen molar-refractivity contribution in [3.63, 3.8) is 0 Å². The normalized spacial score (nSPS) is 14.5. The molecule has 0 aliphatic carbocycles. The van der Waals surface area contributed by atoms with E-state index in [4.69, 9.17) is 19.2 Å². The lowest BCUT2D eigenvalue weighted by Gasteiger charge is -2.36. The number of benzene rings is 1. The Morgan fingerprint density at radius 3 is 2.07 bits per heavy atom. The van der Waals surface area contributed by atoms with Crippen molar-refractivity contribution in [1.29, 1.82) is 0 Å². The quantitative estimate of drug-likeness (QED) is 0.0538. The average molecular weight is 819 g/mol. The Balaban J connectivity index is 1.57. The van der Waals surface area contributed by atoms with Gasteiger partial charge >= 0.3 is 12.3 Å². The van der Waals surface area contributed by atoms with Crippen molar-refractivity contribution < 1.29 is 41.4 Å². The number of alkyl halides is 3. The van der Waals surface area contributed by atoms with Crippen LogP contribution in [0.15, 0.2) is 42.7 Å². The fraction of sp³-hybridized carbons (Fsp3) is 0.538. The lowest BCUT2D eigenvalue weighted by Crippen LogP contribution is -2.50. The molecule has 0 atom stereocenters. The van der Waals surface area contributed by atoms with Crippen LogP contribution in [0.4, 0.5) is 28.2 Å². The van der Waals surface area contributed by atoms with Crippen LogP contribution in [0.3, 0.4) is 0 Å². The van der Waals surface area contributed by atoms with Gasteiger partial charge in [-0.15, -0.1) is 0 Å². The summed E-state index contributed by atoms with van der Waals surface area (Å²) in [7, 11) is -2.96. The van der Waals surface area contributed by atoms with E-state index in [1.54, 1.807) is 39.7 Å². The summed E-state index contributed by atoms with van der Waals surface area (Å²) in [5, 5.41) is 0. The molecule has 17 heteroatoms. The Kier molecular flexibility index (Phi) is 12.9. The maximum atomic E-state index is 16.9. The van der Waals surface area contributed by atoms with Gasteiger partial charge in [0.15, 0.2) is 23.2 Å². The molecule has 3 aromatic heterocycles. The number of imidazole rings is 1. The van der Waals surface area contributed by atoms with Crippen LogP contribution in [0.2, 0.25) is 51.4 Å². The topological polar surface area (TPSA) is 104 Å². The van der Waals surface area contributed by atoms with E-state index < -0.39 is 56.7 Å². The summed E-state index contributed by atoms with van der Waals surface area (Å²) >= 11 is 0. The zero-order valence-electron chi connectivity index (χ0n) is 33.8. The number of pyridine rings is 1. The zero-order chi connectivity index (χ0) is 41.2. The van der Waals surface area contributed by atoms with E-state index in [0.29, 0.717) is 45.1 Å². The smallest absolute Gasteiger partial charge is 0.417 e. The maximum absolute atomic E-state index is 16.9. The number of nitrogens with zero attached hydrogens (tertiary/aromatic N) is 6. The Bertz CT molecular complexity index is 2020. The fourth-order valence-corrected chi connectivity index (χ4v) is 7.65. The maximum Gasteiger partial charge on any atom is 0.417 e. The van der Waals surface area contributed by atoms with Crippen molar-refractivity contribution in [1.82, 2.24) is 24.0 Å². The molecule has 0 N–H and O–H groups in total. The molecule has 1 amide bonds. The minimum atomic E-state index is -4.75. The van der Waals surface area contributed by atoms with Gasteiger partial charge in [-0.05, 0) is 45.0 Å². The summed E-state index contributed by atoms with van der Waals surface area (Å²) < 4.78 is 79.9. The van der Waals surface area contributed by atoms with Crippen molar-refractivity contribution in [2.24, 2.45) is 0 Å². The van der Waals surface area contributed by atoms with Crippen molar-refractivity contribution in [3.8, 4) is 11.5 Å².